The summed E-state index contributed by atoms with van der Waals surface area (Å²) in [5.41, 5.74) is -1.67. The monoisotopic (exact) mass is 521 g/mol. The van der Waals surface area contributed by atoms with Crippen LogP contribution in [0.15, 0.2) is 12.3 Å². The Labute approximate surface area is 211 Å². The summed E-state index contributed by atoms with van der Waals surface area (Å²) < 4.78 is 19.4. The van der Waals surface area contributed by atoms with Gasteiger partial charge in [-0.15, -0.1) is 0 Å². The number of nitrogens with zero attached hydrogens (tertiary/aromatic N) is 5. The average molecular weight is 522 g/mol. The van der Waals surface area contributed by atoms with Gasteiger partial charge < -0.3 is 19.1 Å². The van der Waals surface area contributed by atoms with Gasteiger partial charge in [-0.05, 0) is 36.0 Å². The molecule has 0 saturated carbocycles. The molecule has 1 aromatic heterocycles. The standard InChI is InChI=1S/C22H31N7O6S/c1-3-34-20(32)36-15-21(2,14-24-36)29(28-10-12-33-13-11-28)18-23-7-4-16(25-18)27-8-5-22(6-9-27)17(30)26-19(31)35-22/h4,7,15,24H,3,5-6,8-14H2,1-2H3,(H,26,30,31). The first-order valence-corrected chi connectivity index (χ1v) is 13.4. The van der Waals surface area contributed by atoms with Gasteiger partial charge in [0, 0.05) is 51.8 Å². The SMILES string of the molecule is CCOC(=O)S1=CC(C)(N(c2nccc(N3CCC4(CC3)OC(=O)NC4=O)n2)N2CCOCC2)CN1. The smallest absolute Gasteiger partial charge is 0.415 e. The number of carbonyl (C=O) groups excluding carboxylic acids is 3. The highest BCUT2D eigenvalue weighted by Gasteiger charge is 2.51. The molecular formula is C22H31N7O6S. The van der Waals surface area contributed by atoms with Crippen molar-refractivity contribution < 1.29 is 28.6 Å². The van der Waals surface area contributed by atoms with Gasteiger partial charge in [0.1, 0.15) is 5.82 Å². The van der Waals surface area contributed by atoms with Gasteiger partial charge in [0.2, 0.25) is 5.95 Å². The van der Waals surface area contributed by atoms with Crippen LogP contribution in [0.2, 0.25) is 0 Å². The molecule has 5 heterocycles. The molecule has 3 saturated heterocycles. The van der Waals surface area contributed by atoms with E-state index in [1.54, 1.807) is 13.1 Å². The van der Waals surface area contributed by atoms with Crippen molar-refractivity contribution in [2.75, 3.05) is 62.5 Å². The van der Waals surface area contributed by atoms with Crippen LogP contribution in [0.4, 0.5) is 21.4 Å². The fourth-order valence-corrected chi connectivity index (χ4v) is 6.59. The number of rotatable bonds is 5. The molecule has 2 amide bonds. The Morgan fingerprint density at radius 3 is 2.67 bits per heavy atom. The van der Waals surface area contributed by atoms with E-state index in [9.17, 15) is 14.4 Å². The van der Waals surface area contributed by atoms with Crippen molar-refractivity contribution in [3.05, 3.63) is 12.3 Å². The minimum absolute atomic E-state index is 0.281. The molecule has 4 aliphatic rings. The zero-order valence-electron chi connectivity index (χ0n) is 20.4. The van der Waals surface area contributed by atoms with Crippen molar-refractivity contribution in [3.8, 4) is 0 Å². The summed E-state index contributed by atoms with van der Waals surface area (Å²) in [5.74, 6) is 0.856. The van der Waals surface area contributed by atoms with Crippen LogP contribution in [0.3, 0.4) is 0 Å². The Morgan fingerprint density at radius 1 is 1.25 bits per heavy atom. The average Bonchev–Trinajstić information content (AvgIpc) is 3.40. The highest BCUT2D eigenvalue weighted by Crippen LogP contribution is 2.34. The lowest BCUT2D eigenvalue weighted by Gasteiger charge is -2.45. The summed E-state index contributed by atoms with van der Waals surface area (Å²) in [6, 6.07) is 1.84. The normalized spacial score (nSPS) is 27.9. The zero-order valence-corrected chi connectivity index (χ0v) is 21.2. The lowest BCUT2D eigenvalue weighted by Crippen LogP contribution is -2.62. The van der Waals surface area contributed by atoms with Crippen LogP contribution in [0.25, 0.3) is 0 Å². The molecule has 0 radical (unpaired) electrons. The number of ether oxygens (including phenoxy) is 3. The molecular weight excluding hydrogens is 490 g/mol. The number of hydrogen-bond acceptors (Lipinski definition) is 12. The Balaban J connectivity index is 1.40. The minimum atomic E-state index is -1.09. The zero-order chi connectivity index (χ0) is 25.3. The second-order valence-electron chi connectivity index (χ2n) is 9.23. The number of aromatic nitrogens is 2. The van der Waals surface area contributed by atoms with Gasteiger partial charge in [0.25, 0.3) is 5.91 Å². The van der Waals surface area contributed by atoms with Crippen molar-refractivity contribution in [1.29, 1.82) is 0 Å². The van der Waals surface area contributed by atoms with Crippen LogP contribution in [-0.2, 0) is 19.0 Å². The first-order chi connectivity index (χ1) is 17.3. The fourth-order valence-electron chi connectivity index (χ4n) is 4.91. The number of piperidine rings is 1. The number of hydrazine groups is 1. The Kier molecular flexibility index (Phi) is 6.85. The summed E-state index contributed by atoms with van der Waals surface area (Å²) in [7, 11) is -0.842. The lowest BCUT2D eigenvalue weighted by molar-refractivity contribution is -0.132. The number of imide groups is 1. The molecule has 196 valence electrons. The number of morpholine rings is 1. The van der Waals surface area contributed by atoms with E-state index in [0.717, 1.165) is 5.82 Å². The molecule has 36 heavy (non-hydrogen) atoms. The van der Waals surface area contributed by atoms with Gasteiger partial charge in [-0.1, -0.05) is 0 Å². The van der Waals surface area contributed by atoms with Crippen molar-refractivity contribution >= 4 is 45.1 Å². The third-order valence-corrected chi connectivity index (χ3v) is 8.46. The quantitative estimate of drug-likeness (QED) is 0.415. The maximum atomic E-state index is 12.4. The van der Waals surface area contributed by atoms with E-state index in [2.05, 4.69) is 36.9 Å². The number of amides is 2. The van der Waals surface area contributed by atoms with Crippen molar-refractivity contribution in [3.63, 3.8) is 0 Å². The van der Waals surface area contributed by atoms with Crippen LogP contribution in [0.5, 0.6) is 0 Å². The molecule has 1 spiro atoms. The van der Waals surface area contributed by atoms with E-state index in [-0.39, 0.29) is 11.2 Å². The molecule has 1 aromatic rings. The maximum Gasteiger partial charge on any atom is 0.415 e. The van der Waals surface area contributed by atoms with E-state index in [1.807, 2.05) is 11.4 Å². The second kappa shape index (κ2) is 9.92. The van der Waals surface area contributed by atoms with Gasteiger partial charge in [-0.2, -0.15) is 4.98 Å². The lowest BCUT2D eigenvalue weighted by atomic mass is 9.91. The number of nitrogens with one attached hydrogen (secondary N) is 2. The van der Waals surface area contributed by atoms with Gasteiger partial charge >= 0.3 is 11.4 Å². The number of alkyl carbamates (subject to hydrolysis) is 1. The Hall–Kier alpha value is -2.81. The molecule has 5 rings (SSSR count). The van der Waals surface area contributed by atoms with Gasteiger partial charge in [-0.25, -0.2) is 19.6 Å². The summed E-state index contributed by atoms with van der Waals surface area (Å²) in [4.78, 5) is 47.8. The third-order valence-electron chi connectivity index (χ3n) is 6.78. The van der Waals surface area contributed by atoms with E-state index in [1.165, 1.54) is 0 Å². The summed E-state index contributed by atoms with van der Waals surface area (Å²) in [6.07, 6.45) is 1.80. The molecule has 13 nitrogen and oxygen atoms in total. The first-order valence-electron chi connectivity index (χ1n) is 12.1. The van der Waals surface area contributed by atoms with Crippen molar-refractivity contribution in [2.24, 2.45) is 0 Å². The topological polar surface area (TPSA) is 138 Å². The van der Waals surface area contributed by atoms with Crippen LogP contribution in [0.1, 0.15) is 26.7 Å². The highest BCUT2D eigenvalue weighted by molar-refractivity contribution is 8.26. The second-order valence-corrected chi connectivity index (χ2v) is 10.8. The molecule has 0 aliphatic carbocycles. The predicted octanol–water partition coefficient (Wildman–Crippen LogP) is 0.640. The van der Waals surface area contributed by atoms with Gasteiger partial charge in [-0.3, -0.25) is 19.8 Å². The molecule has 14 heteroatoms. The summed E-state index contributed by atoms with van der Waals surface area (Å²) >= 11 is 0. The Morgan fingerprint density at radius 2 is 2.00 bits per heavy atom. The van der Waals surface area contributed by atoms with Gasteiger partial charge in [0.05, 0.1) is 25.4 Å². The molecule has 2 N–H and O–H groups in total. The van der Waals surface area contributed by atoms with E-state index in [4.69, 9.17) is 19.2 Å². The molecule has 0 bridgehead atoms. The minimum Gasteiger partial charge on any atom is -0.457 e. The largest absolute Gasteiger partial charge is 0.457 e. The van der Waals surface area contributed by atoms with Crippen LogP contribution in [-0.4, -0.2) is 101 Å². The first kappa shape index (κ1) is 24.9. The number of anilines is 2. The molecule has 2 unspecified atom stereocenters. The molecule has 3 fully saturated rings. The summed E-state index contributed by atoms with van der Waals surface area (Å²) in [6.45, 7) is 8.19. The fraction of sp³-hybridized carbons (Fsp3) is 0.636. The van der Waals surface area contributed by atoms with Crippen LogP contribution < -0.4 is 19.9 Å². The highest BCUT2D eigenvalue weighted by atomic mass is 32.2. The summed E-state index contributed by atoms with van der Waals surface area (Å²) in [5, 5.41) is 8.15. The molecule has 2 atom stereocenters. The van der Waals surface area contributed by atoms with Gasteiger partial charge in [0.15, 0.2) is 5.60 Å². The maximum absolute atomic E-state index is 12.4. The van der Waals surface area contributed by atoms with Crippen molar-refractivity contribution in [1.82, 2.24) is 25.0 Å². The van der Waals surface area contributed by atoms with Crippen LogP contribution in [0, 0.1) is 0 Å². The Bertz CT molecular complexity index is 1070. The van der Waals surface area contributed by atoms with E-state index < -0.39 is 27.9 Å². The molecule has 0 aromatic carbocycles. The predicted molar refractivity (Wildman–Crippen MR) is 133 cm³/mol. The molecule has 4 aliphatic heterocycles. The third kappa shape index (κ3) is 4.65. The van der Waals surface area contributed by atoms with E-state index in [0.29, 0.717) is 71.3 Å². The van der Waals surface area contributed by atoms with Crippen molar-refractivity contribution in [2.45, 2.75) is 37.8 Å². The van der Waals surface area contributed by atoms with E-state index >= 15 is 0 Å². The van der Waals surface area contributed by atoms with Crippen LogP contribution >= 0.6 is 10.7 Å². The number of hydrogen-bond donors (Lipinski definition) is 2. The number of carbonyl (C=O) groups is 3.